The van der Waals surface area contributed by atoms with E-state index < -0.39 is 5.97 Å². The van der Waals surface area contributed by atoms with Crippen LogP contribution in [0.1, 0.15) is 30.3 Å². The number of carbonyl (C=O) groups excluding carboxylic acids is 1. The van der Waals surface area contributed by atoms with Gasteiger partial charge in [0.05, 0.1) is 12.7 Å². The molecule has 2 heterocycles. The number of aliphatic hydroxyl groups is 1. The molecule has 1 aliphatic rings. The van der Waals surface area contributed by atoms with E-state index in [0.717, 1.165) is 19.4 Å². The molecule has 1 N–H and O–H groups in total. The molecule has 0 unspecified atom stereocenters. The monoisotopic (exact) mass is 251 g/mol. The van der Waals surface area contributed by atoms with Crippen LogP contribution in [-0.4, -0.2) is 47.1 Å². The second-order valence-electron chi connectivity index (χ2n) is 4.24. The number of β-amino-alcohol motifs (C(OH)–C–C–N with tert-alkyl or cyclic N) is 1. The molecule has 0 saturated carbocycles. The van der Waals surface area contributed by atoms with Gasteiger partial charge >= 0.3 is 5.97 Å². The molecule has 0 amide bonds. The van der Waals surface area contributed by atoms with Gasteiger partial charge in [0.2, 0.25) is 0 Å². The Labute approximate surface area is 106 Å². The van der Waals surface area contributed by atoms with E-state index in [1.54, 1.807) is 19.1 Å². The van der Waals surface area contributed by atoms with E-state index in [9.17, 15) is 9.90 Å². The summed E-state index contributed by atoms with van der Waals surface area (Å²) < 4.78 is 4.84. The number of nitrogens with zero attached hydrogens (tertiary/aromatic N) is 3. The number of anilines is 1. The van der Waals surface area contributed by atoms with Crippen LogP contribution in [0.25, 0.3) is 0 Å². The zero-order valence-electron chi connectivity index (χ0n) is 10.4. The molecule has 0 radical (unpaired) electrons. The van der Waals surface area contributed by atoms with Crippen LogP contribution < -0.4 is 4.90 Å². The van der Waals surface area contributed by atoms with Crippen LogP contribution in [0, 0.1) is 0 Å². The third kappa shape index (κ3) is 2.95. The van der Waals surface area contributed by atoms with Gasteiger partial charge in [-0.1, -0.05) is 0 Å². The molecule has 0 spiro atoms. The highest BCUT2D eigenvalue weighted by Crippen LogP contribution is 2.17. The lowest BCUT2D eigenvalue weighted by Gasteiger charge is -2.30. The average molecular weight is 251 g/mol. The first kappa shape index (κ1) is 12.8. The van der Waals surface area contributed by atoms with E-state index in [-0.39, 0.29) is 11.8 Å². The van der Waals surface area contributed by atoms with Gasteiger partial charge in [0, 0.05) is 13.1 Å². The molecule has 1 aromatic rings. The van der Waals surface area contributed by atoms with Crippen molar-refractivity contribution in [1.82, 2.24) is 10.2 Å². The number of ether oxygens (including phenoxy) is 1. The van der Waals surface area contributed by atoms with Crippen LogP contribution in [0.3, 0.4) is 0 Å². The number of piperidine rings is 1. The van der Waals surface area contributed by atoms with Crippen molar-refractivity contribution in [3.8, 4) is 0 Å². The zero-order valence-corrected chi connectivity index (χ0v) is 10.4. The van der Waals surface area contributed by atoms with E-state index in [1.807, 2.05) is 4.90 Å². The van der Waals surface area contributed by atoms with Gasteiger partial charge in [-0.2, -0.15) is 0 Å². The average Bonchev–Trinajstić information content (AvgIpc) is 2.39. The highest BCUT2D eigenvalue weighted by Gasteiger charge is 2.19. The number of hydrogen-bond donors (Lipinski definition) is 1. The third-order valence-corrected chi connectivity index (χ3v) is 2.86. The molecule has 1 aliphatic heterocycles. The third-order valence-electron chi connectivity index (χ3n) is 2.86. The summed E-state index contributed by atoms with van der Waals surface area (Å²) in [6.07, 6.45) is 1.44. The van der Waals surface area contributed by atoms with Crippen molar-refractivity contribution >= 4 is 11.8 Å². The van der Waals surface area contributed by atoms with Gasteiger partial charge in [-0.15, -0.1) is 10.2 Å². The number of aliphatic hydroxyl groups excluding tert-OH is 1. The van der Waals surface area contributed by atoms with Gasteiger partial charge in [0.15, 0.2) is 11.5 Å². The molecule has 1 saturated heterocycles. The maximum Gasteiger partial charge on any atom is 0.358 e. The summed E-state index contributed by atoms with van der Waals surface area (Å²) in [5.74, 6) is 0.219. The van der Waals surface area contributed by atoms with Crippen LogP contribution in [0.5, 0.6) is 0 Å². The fourth-order valence-electron chi connectivity index (χ4n) is 1.97. The van der Waals surface area contributed by atoms with Gasteiger partial charge in [-0.05, 0) is 31.9 Å². The van der Waals surface area contributed by atoms with Crippen molar-refractivity contribution in [2.24, 2.45) is 0 Å². The maximum atomic E-state index is 11.4. The molecule has 98 valence electrons. The molecule has 1 fully saturated rings. The Morgan fingerprint density at radius 2 is 2.39 bits per heavy atom. The summed E-state index contributed by atoms with van der Waals surface area (Å²) in [6, 6.07) is 3.33. The Balaban J connectivity index is 2.05. The number of esters is 1. The quantitative estimate of drug-likeness (QED) is 0.793. The summed E-state index contributed by atoms with van der Waals surface area (Å²) in [5.41, 5.74) is 0.207. The van der Waals surface area contributed by atoms with E-state index in [2.05, 4.69) is 10.2 Å². The van der Waals surface area contributed by atoms with Gasteiger partial charge in [-0.25, -0.2) is 4.79 Å². The van der Waals surface area contributed by atoms with E-state index in [4.69, 9.17) is 4.74 Å². The molecule has 0 aromatic carbocycles. The predicted molar refractivity (Wildman–Crippen MR) is 65.4 cm³/mol. The van der Waals surface area contributed by atoms with Crippen LogP contribution in [0.2, 0.25) is 0 Å². The Bertz CT molecular complexity index is 408. The van der Waals surface area contributed by atoms with Crippen LogP contribution in [-0.2, 0) is 4.74 Å². The largest absolute Gasteiger partial charge is 0.461 e. The number of hydrogen-bond acceptors (Lipinski definition) is 6. The molecular weight excluding hydrogens is 234 g/mol. The number of rotatable bonds is 3. The van der Waals surface area contributed by atoms with Crippen molar-refractivity contribution in [1.29, 1.82) is 0 Å². The fourth-order valence-corrected chi connectivity index (χ4v) is 1.97. The second kappa shape index (κ2) is 5.77. The Kier molecular flexibility index (Phi) is 4.09. The minimum Gasteiger partial charge on any atom is -0.461 e. The topological polar surface area (TPSA) is 75.5 Å². The molecular formula is C12H17N3O3. The standard InChI is InChI=1S/C12H17N3O3/c1-2-18-12(17)10-5-6-11(14-13-10)15-7-3-4-9(16)8-15/h5-6,9,16H,2-4,7-8H2,1H3/t9-/m1/s1. The van der Waals surface area contributed by atoms with Gasteiger partial charge in [0.25, 0.3) is 0 Å². The lowest BCUT2D eigenvalue weighted by molar-refractivity contribution is 0.0518. The zero-order chi connectivity index (χ0) is 13.0. The van der Waals surface area contributed by atoms with Gasteiger partial charge < -0.3 is 14.7 Å². The normalized spacial score (nSPS) is 19.7. The minimum absolute atomic E-state index is 0.207. The highest BCUT2D eigenvalue weighted by atomic mass is 16.5. The first-order chi connectivity index (χ1) is 8.70. The highest BCUT2D eigenvalue weighted by molar-refractivity contribution is 5.87. The molecule has 6 nitrogen and oxygen atoms in total. The van der Waals surface area contributed by atoms with Gasteiger partial charge in [-0.3, -0.25) is 0 Å². The molecule has 18 heavy (non-hydrogen) atoms. The fraction of sp³-hybridized carbons (Fsp3) is 0.583. The molecule has 0 aliphatic carbocycles. The lowest BCUT2D eigenvalue weighted by Crippen LogP contribution is -2.38. The van der Waals surface area contributed by atoms with Crippen LogP contribution in [0.15, 0.2) is 12.1 Å². The molecule has 1 atom stereocenters. The van der Waals surface area contributed by atoms with E-state index in [0.29, 0.717) is 19.0 Å². The smallest absolute Gasteiger partial charge is 0.358 e. The van der Waals surface area contributed by atoms with Gasteiger partial charge in [0.1, 0.15) is 0 Å². The van der Waals surface area contributed by atoms with Crippen molar-refractivity contribution in [2.45, 2.75) is 25.9 Å². The second-order valence-corrected chi connectivity index (χ2v) is 4.24. The van der Waals surface area contributed by atoms with E-state index in [1.165, 1.54) is 0 Å². The summed E-state index contributed by atoms with van der Waals surface area (Å²) in [5, 5.41) is 17.4. The Morgan fingerprint density at radius 1 is 1.56 bits per heavy atom. The summed E-state index contributed by atoms with van der Waals surface area (Å²) in [7, 11) is 0. The number of aromatic nitrogens is 2. The molecule has 2 rings (SSSR count). The van der Waals surface area contributed by atoms with Crippen molar-refractivity contribution in [2.75, 3.05) is 24.6 Å². The molecule has 1 aromatic heterocycles. The minimum atomic E-state index is -0.463. The predicted octanol–water partition coefficient (Wildman–Crippen LogP) is 0.614. The van der Waals surface area contributed by atoms with Crippen molar-refractivity contribution in [3.63, 3.8) is 0 Å². The SMILES string of the molecule is CCOC(=O)c1ccc(N2CCC[C@@H](O)C2)nn1. The first-order valence-electron chi connectivity index (χ1n) is 6.14. The lowest BCUT2D eigenvalue weighted by atomic mass is 10.1. The Morgan fingerprint density at radius 3 is 3.00 bits per heavy atom. The molecule has 6 heteroatoms. The summed E-state index contributed by atoms with van der Waals surface area (Å²) in [6.45, 7) is 3.48. The van der Waals surface area contributed by atoms with Crippen molar-refractivity contribution < 1.29 is 14.6 Å². The summed E-state index contributed by atoms with van der Waals surface area (Å²) in [4.78, 5) is 13.4. The van der Waals surface area contributed by atoms with Crippen molar-refractivity contribution in [3.05, 3.63) is 17.8 Å². The van der Waals surface area contributed by atoms with Crippen LogP contribution >= 0.6 is 0 Å². The van der Waals surface area contributed by atoms with E-state index >= 15 is 0 Å². The Hall–Kier alpha value is -1.69. The summed E-state index contributed by atoms with van der Waals surface area (Å²) >= 11 is 0. The molecule has 0 bridgehead atoms. The number of carbonyl (C=O) groups is 1. The first-order valence-corrected chi connectivity index (χ1v) is 6.14. The maximum absolute atomic E-state index is 11.4. The van der Waals surface area contributed by atoms with Crippen LogP contribution in [0.4, 0.5) is 5.82 Å².